The number of hydrogen-bond acceptors (Lipinski definition) is 5. The van der Waals surface area contributed by atoms with E-state index in [-0.39, 0.29) is 23.0 Å². The van der Waals surface area contributed by atoms with Crippen LogP contribution in [-0.4, -0.2) is 26.6 Å². The summed E-state index contributed by atoms with van der Waals surface area (Å²) in [6, 6.07) is 1.70. The summed E-state index contributed by atoms with van der Waals surface area (Å²) < 4.78 is 6.22. The van der Waals surface area contributed by atoms with Crippen molar-refractivity contribution in [3.63, 3.8) is 0 Å². The summed E-state index contributed by atoms with van der Waals surface area (Å²) in [5.74, 6) is 0.533. The molecule has 6 nitrogen and oxygen atoms in total. The molecule has 0 aliphatic rings. The van der Waals surface area contributed by atoms with Crippen molar-refractivity contribution in [3.05, 3.63) is 46.1 Å². The average molecular weight is 253 g/mol. The number of halogens is 1. The lowest BCUT2D eigenvalue weighted by Crippen LogP contribution is -2.23. The Labute approximate surface area is 102 Å². The van der Waals surface area contributed by atoms with Crippen LogP contribution < -0.4 is 10.3 Å². The van der Waals surface area contributed by atoms with Gasteiger partial charge in [0, 0.05) is 12.4 Å². The first-order valence-electron chi connectivity index (χ1n) is 4.77. The lowest BCUT2D eigenvalue weighted by molar-refractivity contribution is 0.400. The summed E-state index contributed by atoms with van der Waals surface area (Å²) in [4.78, 5) is 23.8. The zero-order valence-electron chi connectivity index (χ0n) is 9.00. The Balaban J connectivity index is 2.38. The van der Waals surface area contributed by atoms with Crippen molar-refractivity contribution in [2.45, 2.75) is 6.54 Å². The molecule has 2 aromatic rings. The van der Waals surface area contributed by atoms with Crippen LogP contribution in [0.2, 0.25) is 5.15 Å². The van der Waals surface area contributed by atoms with Gasteiger partial charge in [0.15, 0.2) is 5.15 Å². The summed E-state index contributed by atoms with van der Waals surface area (Å²) >= 11 is 5.72. The van der Waals surface area contributed by atoms with E-state index in [4.69, 9.17) is 16.3 Å². The Hall–Kier alpha value is -1.95. The molecular weight excluding hydrogens is 244 g/mol. The average Bonchev–Trinajstić information content (AvgIpc) is 2.35. The molecule has 0 saturated heterocycles. The topological polar surface area (TPSA) is 69.9 Å². The summed E-state index contributed by atoms with van der Waals surface area (Å²) in [6.07, 6.45) is 4.55. The van der Waals surface area contributed by atoms with Crippen molar-refractivity contribution in [3.8, 4) is 5.75 Å². The monoisotopic (exact) mass is 252 g/mol. The number of nitrogens with zero attached hydrogens (tertiary/aromatic N) is 4. The molecule has 0 saturated carbocycles. The van der Waals surface area contributed by atoms with Gasteiger partial charge in [0.2, 0.25) is 5.75 Å². The van der Waals surface area contributed by atoms with E-state index in [1.165, 1.54) is 18.0 Å². The maximum Gasteiger partial charge on any atom is 0.297 e. The highest BCUT2D eigenvalue weighted by Gasteiger charge is 2.10. The van der Waals surface area contributed by atoms with Gasteiger partial charge in [-0.15, -0.1) is 0 Å². The van der Waals surface area contributed by atoms with Gasteiger partial charge in [-0.3, -0.25) is 9.36 Å². The number of aromatic nitrogens is 4. The summed E-state index contributed by atoms with van der Waals surface area (Å²) in [5.41, 5.74) is -0.361. The Bertz CT molecular complexity index is 570. The van der Waals surface area contributed by atoms with Crippen LogP contribution in [0.25, 0.3) is 0 Å². The maximum atomic E-state index is 11.9. The predicted molar refractivity (Wildman–Crippen MR) is 61.2 cm³/mol. The molecule has 0 fully saturated rings. The van der Waals surface area contributed by atoms with Crippen molar-refractivity contribution in [1.82, 2.24) is 19.5 Å². The molecule has 7 heteroatoms. The normalized spacial score (nSPS) is 10.2. The first kappa shape index (κ1) is 11.5. The van der Waals surface area contributed by atoms with Gasteiger partial charge >= 0.3 is 0 Å². The van der Waals surface area contributed by atoms with E-state index in [1.807, 2.05) is 0 Å². The Kier molecular flexibility index (Phi) is 3.34. The minimum Gasteiger partial charge on any atom is -0.489 e. The molecule has 2 heterocycles. The van der Waals surface area contributed by atoms with Gasteiger partial charge in [-0.2, -0.15) is 0 Å². The number of hydrogen-bond donors (Lipinski definition) is 0. The fourth-order valence-corrected chi connectivity index (χ4v) is 1.50. The van der Waals surface area contributed by atoms with Crippen LogP contribution in [0.15, 0.2) is 29.6 Å². The second kappa shape index (κ2) is 4.92. The molecule has 0 atom stereocenters. The smallest absolute Gasteiger partial charge is 0.297 e. The molecule has 0 unspecified atom stereocenters. The van der Waals surface area contributed by atoms with Crippen molar-refractivity contribution < 1.29 is 4.74 Å². The van der Waals surface area contributed by atoms with Crippen molar-refractivity contribution in [1.29, 1.82) is 0 Å². The quantitative estimate of drug-likeness (QED) is 0.754. The highest BCUT2D eigenvalue weighted by molar-refractivity contribution is 6.30. The third-order valence-electron chi connectivity index (χ3n) is 2.09. The standard InChI is InChI=1S/C10H9ClN4O2/c1-17-8-9(11)14-6-15(10(8)16)5-7-12-3-2-4-13-7/h2-4,6H,5H2,1H3. The molecule has 0 N–H and O–H groups in total. The van der Waals surface area contributed by atoms with E-state index in [9.17, 15) is 4.79 Å². The lowest BCUT2D eigenvalue weighted by Gasteiger charge is -2.06. The van der Waals surface area contributed by atoms with Crippen molar-refractivity contribution >= 4 is 11.6 Å². The molecule has 0 aliphatic heterocycles. The highest BCUT2D eigenvalue weighted by Crippen LogP contribution is 2.14. The number of ether oxygens (including phenoxy) is 1. The van der Waals surface area contributed by atoms with E-state index < -0.39 is 0 Å². The third kappa shape index (κ3) is 2.42. The molecule has 0 radical (unpaired) electrons. The van der Waals surface area contributed by atoms with Crippen LogP contribution in [0.1, 0.15) is 5.82 Å². The Morgan fingerprint density at radius 3 is 2.71 bits per heavy atom. The van der Waals surface area contributed by atoms with Crippen molar-refractivity contribution in [2.24, 2.45) is 0 Å². The second-order valence-corrected chi connectivity index (χ2v) is 3.52. The van der Waals surface area contributed by atoms with Gasteiger partial charge in [-0.05, 0) is 6.07 Å². The second-order valence-electron chi connectivity index (χ2n) is 3.17. The lowest BCUT2D eigenvalue weighted by atomic mass is 10.5. The van der Waals surface area contributed by atoms with Gasteiger partial charge in [0.05, 0.1) is 20.0 Å². The van der Waals surface area contributed by atoms with Crippen LogP contribution >= 0.6 is 11.6 Å². The van der Waals surface area contributed by atoms with Crippen molar-refractivity contribution in [2.75, 3.05) is 7.11 Å². The Morgan fingerprint density at radius 1 is 1.35 bits per heavy atom. The summed E-state index contributed by atoms with van der Waals surface area (Å²) in [5, 5.41) is 0.0442. The minimum absolute atomic E-state index is 0.0186. The molecule has 0 aromatic carbocycles. The van der Waals surface area contributed by atoms with Crippen LogP contribution in [0.5, 0.6) is 5.75 Å². The van der Waals surface area contributed by atoms with Crippen LogP contribution in [0, 0.1) is 0 Å². The fourth-order valence-electron chi connectivity index (χ4n) is 1.30. The van der Waals surface area contributed by atoms with Crippen LogP contribution in [-0.2, 0) is 6.54 Å². The van der Waals surface area contributed by atoms with Crippen LogP contribution in [0.4, 0.5) is 0 Å². The number of methoxy groups -OCH3 is 1. The van der Waals surface area contributed by atoms with Gasteiger partial charge in [-0.1, -0.05) is 11.6 Å². The molecule has 0 spiro atoms. The van der Waals surface area contributed by atoms with Gasteiger partial charge < -0.3 is 4.74 Å². The Morgan fingerprint density at radius 2 is 2.06 bits per heavy atom. The zero-order chi connectivity index (χ0) is 12.3. The molecule has 2 rings (SSSR count). The predicted octanol–water partition coefficient (Wildman–Crippen LogP) is 0.744. The highest BCUT2D eigenvalue weighted by atomic mass is 35.5. The van der Waals surface area contributed by atoms with E-state index >= 15 is 0 Å². The van der Waals surface area contributed by atoms with Gasteiger partial charge in [-0.25, -0.2) is 15.0 Å². The van der Waals surface area contributed by atoms with Gasteiger partial charge in [0.25, 0.3) is 5.56 Å². The van der Waals surface area contributed by atoms with Gasteiger partial charge in [0.1, 0.15) is 5.82 Å². The van der Waals surface area contributed by atoms with E-state index in [1.54, 1.807) is 18.5 Å². The SMILES string of the molecule is COc1c(Cl)ncn(Cc2ncccn2)c1=O. The minimum atomic E-state index is -0.361. The van der Waals surface area contributed by atoms with E-state index in [0.717, 1.165) is 0 Å². The van der Waals surface area contributed by atoms with E-state index in [2.05, 4.69) is 15.0 Å². The van der Waals surface area contributed by atoms with E-state index in [0.29, 0.717) is 5.82 Å². The molecule has 0 amide bonds. The zero-order valence-corrected chi connectivity index (χ0v) is 9.76. The molecule has 2 aromatic heterocycles. The third-order valence-corrected chi connectivity index (χ3v) is 2.36. The molecule has 17 heavy (non-hydrogen) atoms. The molecule has 88 valence electrons. The molecule has 0 bridgehead atoms. The summed E-state index contributed by atoms with van der Waals surface area (Å²) in [7, 11) is 1.37. The first-order valence-corrected chi connectivity index (χ1v) is 5.15. The molecular formula is C10H9ClN4O2. The fraction of sp³-hybridized carbons (Fsp3) is 0.200. The van der Waals surface area contributed by atoms with Crippen LogP contribution in [0.3, 0.4) is 0 Å². The summed E-state index contributed by atoms with van der Waals surface area (Å²) in [6.45, 7) is 0.222. The maximum absolute atomic E-state index is 11.9. The number of rotatable bonds is 3. The first-order chi connectivity index (χ1) is 8.22. The molecule has 0 aliphatic carbocycles. The largest absolute Gasteiger partial charge is 0.489 e.